The first kappa shape index (κ1) is 18.8. The molecule has 4 rings (SSSR count). The molecule has 1 atom stereocenters. The molecule has 4 heterocycles. The quantitative estimate of drug-likeness (QED) is 0.642. The van der Waals surface area contributed by atoms with Crippen molar-refractivity contribution in [3.8, 4) is 9.88 Å². The number of carbonyl (C=O) groups excluding carboxylic acids is 2. The fraction of sp³-hybridized carbons (Fsp3) is 0.333. The highest BCUT2D eigenvalue weighted by atomic mass is 32.1. The molecule has 0 spiro atoms. The first-order valence-corrected chi connectivity index (χ1v) is 10.6. The van der Waals surface area contributed by atoms with E-state index >= 15 is 0 Å². The summed E-state index contributed by atoms with van der Waals surface area (Å²) < 4.78 is 1.57. The van der Waals surface area contributed by atoms with Crippen LogP contribution in [0.2, 0.25) is 0 Å². The van der Waals surface area contributed by atoms with Crippen LogP contribution in [-0.4, -0.2) is 44.8 Å². The number of nitrogens with zero attached hydrogens (tertiary/aromatic N) is 4. The standard InChI is InChI=1S/C18H19N5O3S2/c1-22-9-12(15(21-22)23-6-4-11(5-7-24)18(23)26)19-16(25)13-10-28-17(20-13)14-3-2-8-27-14/h2-3,8-11,24H,4-7H2,1H3,(H,19,25). The summed E-state index contributed by atoms with van der Waals surface area (Å²) in [6, 6.07) is 3.91. The number of thiophene rings is 1. The molecular formula is C18H19N5O3S2. The van der Waals surface area contributed by atoms with Gasteiger partial charge in [0.05, 0.1) is 11.1 Å². The van der Waals surface area contributed by atoms with Crippen LogP contribution in [0.3, 0.4) is 0 Å². The van der Waals surface area contributed by atoms with Gasteiger partial charge in [-0.05, 0) is 24.3 Å². The second-order valence-corrected chi connectivity index (χ2v) is 8.30. The minimum atomic E-state index is -0.341. The Morgan fingerprint density at radius 2 is 2.29 bits per heavy atom. The van der Waals surface area contributed by atoms with E-state index in [0.29, 0.717) is 36.6 Å². The third-order valence-electron chi connectivity index (χ3n) is 4.58. The monoisotopic (exact) mass is 417 g/mol. The molecule has 1 unspecified atom stereocenters. The van der Waals surface area contributed by atoms with Crippen LogP contribution in [0.25, 0.3) is 9.88 Å². The number of hydrogen-bond donors (Lipinski definition) is 2. The number of rotatable bonds is 6. The summed E-state index contributed by atoms with van der Waals surface area (Å²) in [6.07, 6.45) is 2.78. The molecule has 1 aliphatic rings. The molecule has 0 aromatic carbocycles. The number of thiazole rings is 1. The Morgan fingerprint density at radius 1 is 1.43 bits per heavy atom. The van der Waals surface area contributed by atoms with Gasteiger partial charge in [-0.3, -0.25) is 19.2 Å². The topological polar surface area (TPSA) is 100 Å². The van der Waals surface area contributed by atoms with Crippen molar-refractivity contribution in [1.82, 2.24) is 14.8 Å². The Morgan fingerprint density at radius 3 is 3.04 bits per heavy atom. The minimum Gasteiger partial charge on any atom is -0.396 e. The van der Waals surface area contributed by atoms with Crippen molar-refractivity contribution in [3.05, 3.63) is 34.8 Å². The number of carbonyl (C=O) groups is 2. The van der Waals surface area contributed by atoms with Gasteiger partial charge < -0.3 is 10.4 Å². The van der Waals surface area contributed by atoms with Crippen LogP contribution in [0.1, 0.15) is 23.3 Å². The number of aliphatic hydroxyl groups is 1. The van der Waals surface area contributed by atoms with E-state index in [-0.39, 0.29) is 24.3 Å². The minimum absolute atomic E-state index is 0.0214. The molecule has 0 aliphatic carbocycles. The Kier molecular flexibility index (Phi) is 5.25. The predicted octanol–water partition coefficient (Wildman–Crippen LogP) is 2.59. The SMILES string of the molecule is Cn1cc(NC(=O)c2csc(-c3cccs3)n2)c(N2CCC(CCO)C2=O)n1. The van der Waals surface area contributed by atoms with Crippen LogP contribution < -0.4 is 10.2 Å². The van der Waals surface area contributed by atoms with Crippen LogP contribution in [0, 0.1) is 5.92 Å². The van der Waals surface area contributed by atoms with E-state index in [2.05, 4.69) is 15.4 Å². The maximum absolute atomic E-state index is 12.7. The van der Waals surface area contributed by atoms with Gasteiger partial charge in [0.1, 0.15) is 16.4 Å². The van der Waals surface area contributed by atoms with Crippen LogP contribution in [-0.2, 0) is 11.8 Å². The number of nitrogens with one attached hydrogen (secondary N) is 1. The molecule has 0 saturated carbocycles. The Balaban J connectivity index is 1.53. The Bertz CT molecular complexity index is 995. The molecule has 1 saturated heterocycles. The van der Waals surface area contributed by atoms with Gasteiger partial charge in [0.25, 0.3) is 5.91 Å². The predicted molar refractivity (Wildman–Crippen MR) is 109 cm³/mol. The number of aliphatic hydroxyl groups excluding tert-OH is 1. The number of aromatic nitrogens is 3. The first-order valence-electron chi connectivity index (χ1n) is 8.83. The van der Waals surface area contributed by atoms with Gasteiger partial charge in [-0.1, -0.05) is 6.07 Å². The summed E-state index contributed by atoms with van der Waals surface area (Å²) in [5.41, 5.74) is 0.797. The van der Waals surface area contributed by atoms with E-state index in [1.54, 1.807) is 39.5 Å². The molecule has 3 aromatic heterocycles. The van der Waals surface area contributed by atoms with Gasteiger partial charge in [-0.2, -0.15) is 5.10 Å². The van der Waals surface area contributed by atoms with Crippen molar-refractivity contribution in [2.24, 2.45) is 13.0 Å². The fourth-order valence-corrected chi connectivity index (χ4v) is 4.83. The average molecular weight is 418 g/mol. The van der Waals surface area contributed by atoms with Crippen molar-refractivity contribution in [3.63, 3.8) is 0 Å². The zero-order valence-corrected chi connectivity index (χ0v) is 16.8. The molecule has 2 amide bonds. The lowest BCUT2D eigenvalue weighted by Crippen LogP contribution is -2.29. The maximum atomic E-state index is 12.7. The highest BCUT2D eigenvalue weighted by Gasteiger charge is 2.35. The van der Waals surface area contributed by atoms with Crippen LogP contribution in [0.4, 0.5) is 11.5 Å². The fourth-order valence-electron chi connectivity index (χ4n) is 3.21. The van der Waals surface area contributed by atoms with E-state index in [9.17, 15) is 9.59 Å². The summed E-state index contributed by atoms with van der Waals surface area (Å²) >= 11 is 2.99. The molecule has 8 nitrogen and oxygen atoms in total. The molecule has 146 valence electrons. The summed E-state index contributed by atoms with van der Waals surface area (Å²) in [7, 11) is 1.74. The highest BCUT2D eigenvalue weighted by molar-refractivity contribution is 7.20. The lowest BCUT2D eigenvalue weighted by Gasteiger charge is -2.15. The van der Waals surface area contributed by atoms with Crippen molar-refractivity contribution in [1.29, 1.82) is 0 Å². The first-order chi connectivity index (χ1) is 13.6. The van der Waals surface area contributed by atoms with E-state index in [1.165, 1.54) is 11.3 Å². The summed E-state index contributed by atoms with van der Waals surface area (Å²) in [5.74, 6) is -0.193. The molecule has 2 N–H and O–H groups in total. The summed E-state index contributed by atoms with van der Waals surface area (Å²) in [5, 5.41) is 20.8. The molecule has 28 heavy (non-hydrogen) atoms. The third-order valence-corrected chi connectivity index (χ3v) is 6.46. The largest absolute Gasteiger partial charge is 0.396 e. The van der Waals surface area contributed by atoms with Gasteiger partial charge in [-0.15, -0.1) is 22.7 Å². The third kappa shape index (κ3) is 3.58. The zero-order valence-electron chi connectivity index (χ0n) is 15.2. The number of anilines is 2. The van der Waals surface area contributed by atoms with Gasteiger partial charge >= 0.3 is 0 Å². The normalized spacial score (nSPS) is 16.7. The number of hydrogen-bond acceptors (Lipinski definition) is 7. The van der Waals surface area contributed by atoms with Crippen LogP contribution in [0.5, 0.6) is 0 Å². The molecule has 1 fully saturated rings. The van der Waals surface area contributed by atoms with Crippen molar-refractivity contribution < 1.29 is 14.7 Å². The Hall–Kier alpha value is -2.56. The highest BCUT2D eigenvalue weighted by Crippen LogP contribution is 2.32. The van der Waals surface area contributed by atoms with Gasteiger partial charge in [0.2, 0.25) is 5.91 Å². The molecule has 0 bridgehead atoms. The van der Waals surface area contributed by atoms with Crippen LogP contribution >= 0.6 is 22.7 Å². The summed E-state index contributed by atoms with van der Waals surface area (Å²) in [6.45, 7) is 0.495. The molecule has 0 radical (unpaired) electrons. The molecule has 1 aliphatic heterocycles. The van der Waals surface area contributed by atoms with E-state index < -0.39 is 0 Å². The van der Waals surface area contributed by atoms with E-state index in [0.717, 1.165) is 9.88 Å². The van der Waals surface area contributed by atoms with E-state index in [4.69, 9.17) is 5.11 Å². The second kappa shape index (κ2) is 7.82. The van der Waals surface area contributed by atoms with Crippen LogP contribution in [0.15, 0.2) is 29.1 Å². The Labute approximate surface area is 169 Å². The molecular weight excluding hydrogens is 398 g/mol. The summed E-state index contributed by atoms with van der Waals surface area (Å²) in [4.78, 5) is 32.3. The molecule has 3 aromatic rings. The van der Waals surface area contributed by atoms with Crippen molar-refractivity contribution in [2.45, 2.75) is 12.8 Å². The smallest absolute Gasteiger partial charge is 0.275 e. The zero-order chi connectivity index (χ0) is 19.7. The van der Waals surface area contributed by atoms with Gasteiger partial charge in [-0.25, -0.2) is 4.98 Å². The van der Waals surface area contributed by atoms with Crippen molar-refractivity contribution in [2.75, 3.05) is 23.4 Å². The number of amides is 2. The number of aryl methyl sites for hydroxylation is 1. The lowest BCUT2D eigenvalue weighted by molar-refractivity contribution is -0.120. The maximum Gasteiger partial charge on any atom is 0.275 e. The molecule has 10 heteroatoms. The van der Waals surface area contributed by atoms with Gasteiger partial charge in [0.15, 0.2) is 5.82 Å². The van der Waals surface area contributed by atoms with E-state index in [1.807, 2.05) is 17.5 Å². The van der Waals surface area contributed by atoms with Crippen molar-refractivity contribution >= 4 is 46.0 Å². The average Bonchev–Trinajstić information content (AvgIpc) is 3.44. The lowest BCUT2D eigenvalue weighted by atomic mass is 10.1. The van der Waals surface area contributed by atoms with Gasteiger partial charge in [0, 0.05) is 31.5 Å². The second-order valence-electron chi connectivity index (χ2n) is 6.50.